The second-order valence-corrected chi connectivity index (χ2v) is 6.74. The van der Waals surface area contributed by atoms with Crippen LogP contribution in [0.3, 0.4) is 0 Å². The molecule has 0 radical (unpaired) electrons. The molecule has 6 heteroatoms. The van der Waals surface area contributed by atoms with Gasteiger partial charge in [0.05, 0.1) is 0 Å². The average Bonchev–Trinajstić information content (AvgIpc) is 3.27. The smallest absolute Gasteiger partial charge is 0.213 e. The zero-order valence-electron chi connectivity index (χ0n) is 13.9. The summed E-state index contributed by atoms with van der Waals surface area (Å²) in [6.07, 6.45) is 5.83. The molecule has 25 heavy (non-hydrogen) atoms. The zero-order valence-corrected chi connectivity index (χ0v) is 14.6. The van der Waals surface area contributed by atoms with Gasteiger partial charge < -0.3 is 9.47 Å². The van der Waals surface area contributed by atoms with E-state index in [1.54, 1.807) is 0 Å². The first kappa shape index (κ1) is 16.2. The summed E-state index contributed by atoms with van der Waals surface area (Å²) in [5.74, 6) is -0.125. The van der Waals surface area contributed by atoms with Crippen LogP contribution in [0.1, 0.15) is 28.9 Å². The topological polar surface area (TPSA) is 51.0 Å². The molecule has 1 aliphatic rings. The average molecular weight is 355 g/mol. The van der Waals surface area contributed by atoms with Crippen LogP contribution in [0.2, 0.25) is 5.15 Å². The molecule has 2 aromatic heterocycles. The van der Waals surface area contributed by atoms with Crippen LogP contribution in [0, 0.1) is 0 Å². The SMILES string of the molecule is O=C(c1cc(Cl)ncn1)c1cn(CCN2CCCC2)c2ccccc12. The van der Waals surface area contributed by atoms with Gasteiger partial charge in [-0.25, -0.2) is 9.97 Å². The van der Waals surface area contributed by atoms with Gasteiger partial charge >= 0.3 is 0 Å². The number of aromatic nitrogens is 3. The predicted octanol–water partition coefficient (Wildman–Crippen LogP) is 3.41. The van der Waals surface area contributed by atoms with Crippen molar-refractivity contribution in [3.05, 3.63) is 59.3 Å². The Labute approximate surface area is 151 Å². The molecule has 0 saturated carbocycles. The van der Waals surface area contributed by atoms with E-state index >= 15 is 0 Å². The number of para-hydroxylation sites is 1. The molecule has 3 heterocycles. The van der Waals surface area contributed by atoms with E-state index in [9.17, 15) is 4.79 Å². The Morgan fingerprint density at radius 2 is 1.92 bits per heavy atom. The van der Waals surface area contributed by atoms with Crippen molar-refractivity contribution in [2.45, 2.75) is 19.4 Å². The monoisotopic (exact) mass is 354 g/mol. The second kappa shape index (κ2) is 6.94. The maximum atomic E-state index is 12.9. The molecule has 5 nitrogen and oxygen atoms in total. The van der Waals surface area contributed by atoms with E-state index in [4.69, 9.17) is 11.6 Å². The molecular weight excluding hydrogens is 336 g/mol. The van der Waals surface area contributed by atoms with E-state index < -0.39 is 0 Å². The van der Waals surface area contributed by atoms with Crippen molar-refractivity contribution in [2.75, 3.05) is 19.6 Å². The molecule has 0 bridgehead atoms. The molecule has 128 valence electrons. The van der Waals surface area contributed by atoms with Gasteiger partial charge in [-0.15, -0.1) is 0 Å². The molecule has 0 unspecified atom stereocenters. The summed E-state index contributed by atoms with van der Waals surface area (Å²) >= 11 is 5.91. The van der Waals surface area contributed by atoms with Crippen LogP contribution in [0.25, 0.3) is 10.9 Å². The maximum Gasteiger partial charge on any atom is 0.213 e. The number of carbonyl (C=O) groups is 1. The van der Waals surface area contributed by atoms with E-state index in [1.807, 2.05) is 24.4 Å². The Kier molecular flexibility index (Phi) is 4.51. The Hall–Kier alpha value is -2.24. The van der Waals surface area contributed by atoms with Crippen LogP contribution in [-0.2, 0) is 6.54 Å². The number of nitrogens with zero attached hydrogens (tertiary/aromatic N) is 4. The standard InChI is InChI=1S/C19H19ClN4O/c20-18-11-16(21-13-22-18)19(25)15-12-24(10-9-23-7-3-4-8-23)17-6-2-1-5-14(15)17/h1-2,5-6,11-13H,3-4,7-10H2. The van der Waals surface area contributed by atoms with Crippen LogP contribution in [0.5, 0.6) is 0 Å². The van der Waals surface area contributed by atoms with Gasteiger partial charge in [0, 0.05) is 41.8 Å². The highest BCUT2D eigenvalue weighted by atomic mass is 35.5. The molecule has 1 fully saturated rings. The molecule has 1 saturated heterocycles. The summed E-state index contributed by atoms with van der Waals surface area (Å²) in [7, 11) is 0. The third-order valence-electron chi connectivity index (χ3n) is 4.76. The van der Waals surface area contributed by atoms with E-state index in [2.05, 4.69) is 25.5 Å². The first-order chi connectivity index (χ1) is 12.2. The highest BCUT2D eigenvalue weighted by Crippen LogP contribution is 2.24. The van der Waals surface area contributed by atoms with Crippen molar-refractivity contribution >= 4 is 28.3 Å². The highest BCUT2D eigenvalue weighted by molar-refractivity contribution is 6.30. The number of hydrogen-bond donors (Lipinski definition) is 0. The molecule has 0 aliphatic carbocycles. The fraction of sp³-hybridized carbons (Fsp3) is 0.316. The van der Waals surface area contributed by atoms with Gasteiger partial charge in [-0.2, -0.15) is 0 Å². The molecule has 0 atom stereocenters. The van der Waals surface area contributed by atoms with Crippen molar-refractivity contribution in [2.24, 2.45) is 0 Å². The number of carbonyl (C=O) groups excluding carboxylic acids is 1. The molecule has 0 amide bonds. The molecule has 0 N–H and O–H groups in total. The van der Waals surface area contributed by atoms with Gasteiger partial charge in [0.1, 0.15) is 17.2 Å². The van der Waals surface area contributed by atoms with Crippen LogP contribution in [0.15, 0.2) is 42.9 Å². The Morgan fingerprint density at radius 3 is 2.72 bits per heavy atom. The summed E-state index contributed by atoms with van der Waals surface area (Å²) in [6, 6.07) is 9.52. The summed E-state index contributed by atoms with van der Waals surface area (Å²) in [4.78, 5) is 23.3. The minimum atomic E-state index is -0.125. The third kappa shape index (κ3) is 3.30. The van der Waals surface area contributed by atoms with Crippen LogP contribution in [-0.4, -0.2) is 44.9 Å². The number of likely N-dealkylation sites (tertiary alicyclic amines) is 1. The van der Waals surface area contributed by atoms with Gasteiger partial charge in [0.15, 0.2) is 0 Å². The largest absolute Gasteiger partial charge is 0.345 e. The number of fused-ring (bicyclic) bond motifs is 1. The van der Waals surface area contributed by atoms with Crippen LogP contribution >= 0.6 is 11.6 Å². The number of rotatable bonds is 5. The Balaban J connectivity index is 1.68. The van der Waals surface area contributed by atoms with E-state index in [-0.39, 0.29) is 10.9 Å². The van der Waals surface area contributed by atoms with Gasteiger partial charge in [-0.05, 0) is 32.0 Å². The first-order valence-corrected chi connectivity index (χ1v) is 8.92. The third-order valence-corrected chi connectivity index (χ3v) is 4.96. The lowest BCUT2D eigenvalue weighted by Crippen LogP contribution is -2.23. The zero-order chi connectivity index (χ0) is 17.2. The number of benzene rings is 1. The second-order valence-electron chi connectivity index (χ2n) is 6.36. The number of ketones is 1. The maximum absolute atomic E-state index is 12.9. The van der Waals surface area contributed by atoms with Crippen molar-refractivity contribution in [3.63, 3.8) is 0 Å². The van der Waals surface area contributed by atoms with E-state index in [0.29, 0.717) is 11.3 Å². The molecule has 1 aromatic carbocycles. The number of hydrogen-bond acceptors (Lipinski definition) is 4. The first-order valence-electron chi connectivity index (χ1n) is 8.55. The van der Waals surface area contributed by atoms with Gasteiger partial charge in [-0.1, -0.05) is 29.8 Å². The molecule has 3 aromatic rings. The number of halogens is 1. The summed E-state index contributed by atoms with van der Waals surface area (Å²) < 4.78 is 2.17. The summed E-state index contributed by atoms with van der Waals surface area (Å²) in [6.45, 7) is 4.22. The summed E-state index contributed by atoms with van der Waals surface area (Å²) in [5.41, 5.74) is 2.06. The van der Waals surface area contributed by atoms with Gasteiger partial charge in [0.2, 0.25) is 5.78 Å². The van der Waals surface area contributed by atoms with Crippen molar-refractivity contribution < 1.29 is 4.79 Å². The molecule has 1 aliphatic heterocycles. The lowest BCUT2D eigenvalue weighted by atomic mass is 10.1. The fourth-order valence-electron chi connectivity index (χ4n) is 3.46. The van der Waals surface area contributed by atoms with Gasteiger partial charge in [0.25, 0.3) is 0 Å². The highest BCUT2D eigenvalue weighted by Gasteiger charge is 2.19. The fourth-order valence-corrected chi connectivity index (χ4v) is 3.61. The van der Waals surface area contributed by atoms with E-state index in [0.717, 1.165) is 24.0 Å². The predicted molar refractivity (Wildman–Crippen MR) is 98.1 cm³/mol. The minimum Gasteiger partial charge on any atom is -0.345 e. The van der Waals surface area contributed by atoms with Crippen LogP contribution in [0.4, 0.5) is 0 Å². The van der Waals surface area contributed by atoms with Crippen LogP contribution < -0.4 is 0 Å². The van der Waals surface area contributed by atoms with Crippen molar-refractivity contribution in [1.82, 2.24) is 19.4 Å². The Bertz CT molecular complexity index is 915. The molecule has 4 rings (SSSR count). The Morgan fingerprint density at radius 1 is 1.12 bits per heavy atom. The lowest BCUT2D eigenvalue weighted by Gasteiger charge is -2.15. The summed E-state index contributed by atoms with van der Waals surface area (Å²) in [5, 5.41) is 1.22. The lowest BCUT2D eigenvalue weighted by molar-refractivity contribution is 0.103. The van der Waals surface area contributed by atoms with Crippen molar-refractivity contribution in [1.29, 1.82) is 0 Å². The van der Waals surface area contributed by atoms with Crippen molar-refractivity contribution in [3.8, 4) is 0 Å². The van der Waals surface area contributed by atoms with E-state index in [1.165, 1.54) is 38.3 Å². The molecular formula is C19H19ClN4O. The minimum absolute atomic E-state index is 0.125. The quantitative estimate of drug-likeness (QED) is 0.520. The normalized spacial score (nSPS) is 15.1. The molecule has 0 spiro atoms. The van der Waals surface area contributed by atoms with Gasteiger partial charge in [-0.3, -0.25) is 4.79 Å².